The van der Waals surface area contributed by atoms with Crippen LogP contribution in [-0.2, 0) is 13.5 Å². The molecule has 0 aliphatic carbocycles. The van der Waals surface area contributed by atoms with Gasteiger partial charge in [-0.2, -0.15) is 5.10 Å². The Morgan fingerprint density at radius 3 is 3.00 bits per heavy atom. The maximum atomic E-state index is 4.06. The zero-order valence-corrected chi connectivity index (χ0v) is 6.46. The van der Waals surface area contributed by atoms with Gasteiger partial charge in [-0.1, -0.05) is 0 Å². The van der Waals surface area contributed by atoms with Gasteiger partial charge in [0.2, 0.25) is 0 Å². The lowest BCUT2D eigenvalue weighted by Crippen LogP contribution is -2.09. The van der Waals surface area contributed by atoms with Crippen molar-refractivity contribution in [2.75, 3.05) is 13.6 Å². The summed E-state index contributed by atoms with van der Waals surface area (Å²) in [5.74, 6) is 0. The second-order valence-electron chi connectivity index (χ2n) is 2.38. The van der Waals surface area contributed by atoms with E-state index in [9.17, 15) is 0 Å². The Labute approximate surface area is 61.0 Å². The van der Waals surface area contributed by atoms with Crippen LogP contribution in [0.25, 0.3) is 0 Å². The number of hydrogen-bond acceptors (Lipinski definition) is 2. The van der Waals surface area contributed by atoms with Gasteiger partial charge in [-0.3, -0.25) is 4.68 Å². The minimum absolute atomic E-state index is 1.02. The van der Waals surface area contributed by atoms with Crippen molar-refractivity contribution in [3.8, 4) is 0 Å². The van der Waals surface area contributed by atoms with E-state index in [0.29, 0.717) is 0 Å². The molecule has 1 aromatic heterocycles. The van der Waals surface area contributed by atoms with Crippen molar-refractivity contribution in [3.63, 3.8) is 0 Å². The van der Waals surface area contributed by atoms with Crippen molar-refractivity contribution in [1.29, 1.82) is 0 Å². The van der Waals surface area contributed by atoms with Gasteiger partial charge >= 0.3 is 0 Å². The summed E-state index contributed by atoms with van der Waals surface area (Å²) in [6.07, 6.45) is 5.00. The normalized spacial score (nSPS) is 10.2. The Kier molecular flexibility index (Phi) is 2.45. The van der Waals surface area contributed by atoms with E-state index in [1.807, 2.05) is 31.2 Å². The van der Waals surface area contributed by atoms with E-state index in [-0.39, 0.29) is 0 Å². The largest absolute Gasteiger partial charge is 0.319 e. The highest BCUT2D eigenvalue weighted by atomic mass is 15.2. The highest BCUT2D eigenvalue weighted by Crippen LogP contribution is 1.95. The first-order valence-electron chi connectivity index (χ1n) is 3.45. The molecule has 0 amide bonds. The van der Waals surface area contributed by atoms with Gasteiger partial charge in [0.05, 0.1) is 6.20 Å². The quantitative estimate of drug-likeness (QED) is 0.647. The van der Waals surface area contributed by atoms with Crippen LogP contribution in [0.2, 0.25) is 0 Å². The van der Waals surface area contributed by atoms with Gasteiger partial charge in [-0.05, 0) is 25.6 Å². The fourth-order valence-corrected chi connectivity index (χ4v) is 0.870. The van der Waals surface area contributed by atoms with Gasteiger partial charge in [0.1, 0.15) is 0 Å². The predicted octanol–water partition coefficient (Wildman–Crippen LogP) is 0.182. The SMILES string of the molecule is CNCCc1cnn(C)c1. The Morgan fingerprint density at radius 1 is 1.70 bits per heavy atom. The number of nitrogens with zero attached hydrogens (tertiary/aromatic N) is 2. The predicted molar refractivity (Wildman–Crippen MR) is 40.8 cm³/mol. The Bertz CT molecular complexity index is 192. The maximum absolute atomic E-state index is 4.06. The number of aromatic nitrogens is 2. The van der Waals surface area contributed by atoms with Crippen molar-refractivity contribution in [1.82, 2.24) is 15.1 Å². The fraction of sp³-hybridized carbons (Fsp3) is 0.571. The number of nitrogens with one attached hydrogen (secondary N) is 1. The lowest BCUT2D eigenvalue weighted by atomic mass is 10.2. The molecule has 0 radical (unpaired) electrons. The summed E-state index contributed by atoms with van der Waals surface area (Å²) in [6.45, 7) is 1.02. The number of hydrogen-bond donors (Lipinski definition) is 1. The van der Waals surface area contributed by atoms with E-state index in [4.69, 9.17) is 0 Å². The third-order valence-electron chi connectivity index (χ3n) is 1.42. The van der Waals surface area contributed by atoms with Gasteiger partial charge in [0, 0.05) is 13.2 Å². The molecule has 0 fully saturated rings. The average Bonchev–Trinajstić information content (AvgIpc) is 2.31. The summed E-state index contributed by atoms with van der Waals surface area (Å²) in [5, 5.41) is 7.15. The minimum Gasteiger partial charge on any atom is -0.319 e. The molecule has 0 aromatic carbocycles. The molecule has 0 spiro atoms. The molecule has 56 valence electrons. The summed E-state index contributed by atoms with van der Waals surface area (Å²) in [7, 11) is 3.89. The second kappa shape index (κ2) is 3.37. The lowest BCUT2D eigenvalue weighted by Gasteiger charge is -1.92. The third-order valence-corrected chi connectivity index (χ3v) is 1.42. The van der Waals surface area contributed by atoms with E-state index in [2.05, 4.69) is 10.4 Å². The summed E-state index contributed by atoms with van der Waals surface area (Å²) < 4.78 is 1.82. The number of aryl methyl sites for hydroxylation is 1. The minimum atomic E-state index is 1.02. The van der Waals surface area contributed by atoms with Crippen LogP contribution in [0.15, 0.2) is 12.4 Å². The van der Waals surface area contributed by atoms with E-state index >= 15 is 0 Å². The van der Waals surface area contributed by atoms with Crippen molar-refractivity contribution >= 4 is 0 Å². The van der Waals surface area contributed by atoms with E-state index in [1.54, 1.807) is 0 Å². The topological polar surface area (TPSA) is 29.9 Å². The number of rotatable bonds is 3. The molecule has 3 nitrogen and oxygen atoms in total. The summed E-state index contributed by atoms with van der Waals surface area (Å²) in [4.78, 5) is 0. The molecule has 0 saturated heterocycles. The molecule has 0 saturated carbocycles. The van der Waals surface area contributed by atoms with Gasteiger partial charge < -0.3 is 5.32 Å². The maximum Gasteiger partial charge on any atom is 0.0522 e. The molecule has 1 N–H and O–H groups in total. The van der Waals surface area contributed by atoms with Gasteiger partial charge in [0.25, 0.3) is 0 Å². The highest BCUT2D eigenvalue weighted by molar-refractivity contribution is 5.03. The van der Waals surface area contributed by atoms with Crippen LogP contribution < -0.4 is 5.32 Å². The van der Waals surface area contributed by atoms with E-state index < -0.39 is 0 Å². The van der Waals surface area contributed by atoms with Gasteiger partial charge in [-0.25, -0.2) is 0 Å². The molecule has 0 atom stereocenters. The molecule has 1 rings (SSSR count). The van der Waals surface area contributed by atoms with Crippen LogP contribution >= 0.6 is 0 Å². The first-order valence-corrected chi connectivity index (χ1v) is 3.45. The standard InChI is InChI=1S/C7H13N3/c1-8-4-3-7-5-9-10(2)6-7/h5-6,8H,3-4H2,1-2H3. The smallest absolute Gasteiger partial charge is 0.0522 e. The lowest BCUT2D eigenvalue weighted by molar-refractivity contribution is 0.763. The number of likely N-dealkylation sites (N-methyl/N-ethyl adjacent to an activating group) is 1. The summed E-state index contributed by atoms with van der Waals surface area (Å²) in [6, 6.07) is 0. The molecule has 0 unspecified atom stereocenters. The molecular weight excluding hydrogens is 126 g/mol. The monoisotopic (exact) mass is 139 g/mol. The molecule has 0 aliphatic heterocycles. The Balaban J connectivity index is 2.42. The first-order chi connectivity index (χ1) is 4.83. The Hall–Kier alpha value is -0.830. The highest BCUT2D eigenvalue weighted by Gasteiger charge is 1.92. The molecule has 0 aliphatic rings. The van der Waals surface area contributed by atoms with Crippen LogP contribution in [0, 0.1) is 0 Å². The zero-order valence-electron chi connectivity index (χ0n) is 6.46. The molecule has 3 heteroatoms. The Morgan fingerprint density at radius 2 is 2.50 bits per heavy atom. The molecular formula is C7H13N3. The van der Waals surface area contributed by atoms with Crippen molar-refractivity contribution in [2.24, 2.45) is 7.05 Å². The second-order valence-corrected chi connectivity index (χ2v) is 2.38. The van der Waals surface area contributed by atoms with Gasteiger partial charge in [-0.15, -0.1) is 0 Å². The summed E-state index contributed by atoms with van der Waals surface area (Å²) >= 11 is 0. The van der Waals surface area contributed by atoms with E-state index in [1.165, 1.54) is 5.56 Å². The molecule has 1 heterocycles. The third kappa shape index (κ3) is 1.84. The van der Waals surface area contributed by atoms with Gasteiger partial charge in [0.15, 0.2) is 0 Å². The van der Waals surface area contributed by atoms with Crippen molar-refractivity contribution in [2.45, 2.75) is 6.42 Å². The van der Waals surface area contributed by atoms with Crippen molar-refractivity contribution in [3.05, 3.63) is 18.0 Å². The van der Waals surface area contributed by atoms with Crippen LogP contribution in [0.1, 0.15) is 5.56 Å². The van der Waals surface area contributed by atoms with E-state index in [0.717, 1.165) is 13.0 Å². The fourth-order valence-electron chi connectivity index (χ4n) is 0.870. The average molecular weight is 139 g/mol. The van der Waals surface area contributed by atoms with Crippen molar-refractivity contribution < 1.29 is 0 Å². The first kappa shape index (κ1) is 7.28. The molecule has 1 aromatic rings. The zero-order chi connectivity index (χ0) is 7.40. The van der Waals surface area contributed by atoms with Crippen LogP contribution in [0.5, 0.6) is 0 Å². The summed E-state index contributed by atoms with van der Waals surface area (Å²) in [5.41, 5.74) is 1.29. The van der Waals surface area contributed by atoms with Crippen LogP contribution in [-0.4, -0.2) is 23.4 Å². The van der Waals surface area contributed by atoms with Crippen LogP contribution in [0.3, 0.4) is 0 Å². The molecule has 0 bridgehead atoms. The molecule has 10 heavy (non-hydrogen) atoms. The van der Waals surface area contributed by atoms with Crippen LogP contribution in [0.4, 0.5) is 0 Å².